The van der Waals surface area contributed by atoms with Crippen LogP contribution in [0.1, 0.15) is 146 Å². The molecule has 3 saturated heterocycles. The number of ether oxygens (including phenoxy) is 1. The summed E-state index contributed by atoms with van der Waals surface area (Å²) in [7, 11) is -4.45. The average Bonchev–Trinajstić information content (AvgIpc) is 1.63. The zero-order valence-electron chi connectivity index (χ0n) is 51.6. The number of benzene rings is 4. The van der Waals surface area contributed by atoms with Crippen LogP contribution in [0.3, 0.4) is 0 Å². The van der Waals surface area contributed by atoms with Crippen molar-refractivity contribution in [3.05, 3.63) is 142 Å². The Labute approximate surface area is 536 Å². The lowest BCUT2D eigenvalue weighted by Gasteiger charge is -2.42. The molecule has 0 bridgehead atoms. The monoisotopic (exact) mass is 1270 g/mol. The highest BCUT2D eigenvalue weighted by molar-refractivity contribution is 7.90. The third-order valence-corrected chi connectivity index (χ3v) is 19.9. The highest BCUT2D eigenvalue weighted by Crippen LogP contribution is 2.43. The lowest BCUT2D eigenvalue weighted by atomic mass is 9.72. The second-order valence-electron chi connectivity index (χ2n) is 25.3. The Morgan fingerprint density at radius 2 is 1.65 bits per heavy atom. The SMILES string of the molecule is CC1(C)CCC(CNCCNc2ccc(C(=O)NS(=O)(=O)c3ccc(NCC4CCN(C5CCN(CCCCCCC#Cc6cccc7c6C(=O)N(C6CCC(=O)NC6=O)C7=O)CC5)CC4)c(NO)c3)c(Oc3cnc4[nH]ccc4c3)c2)=C(c2ccc(Cl)cc2)C1. The molecule has 4 aromatic carbocycles. The quantitative estimate of drug-likeness (QED) is 0.0121. The van der Waals surface area contributed by atoms with Gasteiger partial charge in [-0.15, -0.1) is 0 Å². The van der Waals surface area contributed by atoms with E-state index in [2.05, 4.69) is 89.1 Å². The van der Waals surface area contributed by atoms with Crippen molar-refractivity contribution in [1.82, 2.24) is 40.0 Å². The van der Waals surface area contributed by atoms with Gasteiger partial charge in [-0.05, 0) is 186 Å². The number of carbonyl (C=O) groups is 5. The van der Waals surface area contributed by atoms with Gasteiger partial charge >= 0.3 is 0 Å². The molecule has 2 aromatic heterocycles. The van der Waals surface area contributed by atoms with Crippen molar-refractivity contribution < 1.29 is 42.3 Å². The number of hydrogen-bond acceptors (Lipinski definition) is 16. The molecular weight excluding hydrogens is 1190 g/mol. The highest BCUT2D eigenvalue weighted by Gasteiger charge is 2.45. The maximum Gasteiger partial charge on any atom is 0.268 e. The second-order valence-corrected chi connectivity index (χ2v) is 27.4. The number of unbranched alkanes of at least 4 members (excludes halogenated alkanes) is 4. The van der Waals surface area contributed by atoms with E-state index >= 15 is 0 Å². The number of rotatable bonds is 24. The minimum Gasteiger partial charge on any atom is -0.455 e. The maximum atomic E-state index is 14.0. The predicted molar refractivity (Wildman–Crippen MR) is 352 cm³/mol. The number of fused-ring (bicyclic) bond motifs is 2. The second kappa shape index (κ2) is 29.0. The molecule has 1 unspecified atom stereocenters. The van der Waals surface area contributed by atoms with Crippen molar-refractivity contribution in [1.29, 1.82) is 0 Å². The predicted octanol–water partition coefficient (Wildman–Crippen LogP) is 10.6. The Morgan fingerprint density at radius 1 is 0.846 bits per heavy atom. The van der Waals surface area contributed by atoms with Gasteiger partial charge in [-0.3, -0.25) is 44.9 Å². The fourth-order valence-electron chi connectivity index (χ4n) is 13.2. The van der Waals surface area contributed by atoms with Gasteiger partial charge < -0.3 is 35.5 Å². The van der Waals surface area contributed by atoms with E-state index in [9.17, 15) is 37.6 Å². The fourth-order valence-corrected chi connectivity index (χ4v) is 14.3. The normalized spacial score (nSPS) is 18.4. The number of carbonyl (C=O) groups excluding carboxylic acids is 5. The summed E-state index contributed by atoms with van der Waals surface area (Å²) in [4.78, 5) is 78.2. The molecule has 1 aliphatic carbocycles. The van der Waals surface area contributed by atoms with Gasteiger partial charge in [-0.1, -0.05) is 73.9 Å². The van der Waals surface area contributed by atoms with Gasteiger partial charge in [0, 0.05) is 79.0 Å². The lowest BCUT2D eigenvalue weighted by molar-refractivity contribution is -0.136. The number of hydrogen-bond donors (Lipinski definition) is 8. The van der Waals surface area contributed by atoms with Crippen LogP contribution < -0.4 is 36.2 Å². The van der Waals surface area contributed by atoms with Crippen LogP contribution in [0.4, 0.5) is 17.1 Å². The number of halogens is 1. The molecule has 1 atom stereocenters. The van der Waals surface area contributed by atoms with Crippen LogP contribution in [0.2, 0.25) is 5.02 Å². The molecule has 6 aromatic rings. The molecule has 6 heterocycles. The van der Waals surface area contributed by atoms with Crippen molar-refractivity contribution in [2.75, 3.05) is 75.0 Å². The standard InChI is InChI=1S/C69H80ClN11O9S/c1-69(2)29-23-49(57(41-69)46-13-15-50(70)16-14-46)43-71-31-32-72-51-17-19-55(61(39-51)90-53-38-48-24-30-73-64(48)75-44-53)65(83)78-91(88,89)54-18-20-58(59(40-54)77-87)74-42-45-25-36-80(37-26-45)52-27-34-79(35-28-52)33-8-6-4-3-5-7-10-47-11-9-12-56-63(47)68(86)81(67(56)85)60-21-22-62(82)76-66(60)84/h9,11-20,24,30,38-40,44-45,52,60,71-72,74,77,87H,3-6,8,21-23,25-29,31-37,41-43H2,1-2H3,(H,73,75)(H,78,83)(H,76,82,84). The number of aromatic amines is 1. The van der Waals surface area contributed by atoms with Crippen molar-refractivity contribution >= 4 is 84.8 Å². The molecule has 0 radical (unpaired) electrons. The van der Waals surface area contributed by atoms with E-state index in [1.807, 2.05) is 18.2 Å². The van der Waals surface area contributed by atoms with Crippen molar-refractivity contribution in [3.8, 4) is 23.3 Å². The van der Waals surface area contributed by atoms with Crippen molar-refractivity contribution in [2.24, 2.45) is 11.3 Å². The summed E-state index contributed by atoms with van der Waals surface area (Å²) in [6, 6.07) is 25.5. The van der Waals surface area contributed by atoms with E-state index in [0.29, 0.717) is 71.4 Å². The number of amides is 5. The molecule has 11 rings (SSSR count). The van der Waals surface area contributed by atoms with Crippen molar-refractivity contribution in [3.63, 3.8) is 0 Å². The first-order chi connectivity index (χ1) is 44.0. The van der Waals surface area contributed by atoms with E-state index in [1.165, 1.54) is 41.1 Å². The highest BCUT2D eigenvalue weighted by atomic mass is 35.5. The lowest BCUT2D eigenvalue weighted by Crippen LogP contribution is -2.54. The van der Waals surface area contributed by atoms with Crippen LogP contribution in [0, 0.1) is 23.2 Å². The van der Waals surface area contributed by atoms with Gasteiger partial charge in [-0.25, -0.2) is 18.1 Å². The first-order valence-corrected chi connectivity index (χ1v) is 33.7. The molecule has 3 fully saturated rings. The first-order valence-electron chi connectivity index (χ1n) is 31.8. The van der Waals surface area contributed by atoms with Crippen LogP contribution >= 0.6 is 11.6 Å². The van der Waals surface area contributed by atoms with Crippen LogP contribution in [0.25, 0.3) is 16.6 Å². The number of H-pyrrole nitrogens is 1. The minimum absolute atomic E-state index is 0.0135. The molecule has 20 nitrogen and oxygen atoms in total. The Balaban J connectivity index is 0.608. The van der Waals surface area contributed by atoms with Gasteiger partial charge in [-0.2, -0.15) is 0 Å². The van der Waals surface area contributed by atoms with Crippen LogP contribution in [0.5, 0.6) is 11.5 Å². The summed E-state index contributed by atoms with van der Waals surface area (Å²) in [6.45, 7) is 12.4. The number of nitrogens with zero attached hydrogens (tertiary/aromatic N) is 4. The number of pyridine rings is 1. The molecule has 8 N–H and O–H groups in total. The molecule has 4 aliphatic heterocycles. The zero-order chi connectivity index (χ0) is 63.7. The first kappa shape index (κ1) is 64.4. The van der Waals surface area contributed by atoms with Gasteiger partial charge in [0.2, 0.25) is 11.8 Å². The molecule has 0 saturated carbocycles. The Morgan fingerprint density at radius 3 is 2.44 bits per heavy atom. The zero-order valence-corrected chi connectivity index (χ0v) is 53.2. The number of imide groups is 2. The topological polar surface area (TPSA) is 260 Å². The van der Waals surface area contributed by atoms with Crippen LogP contribution in [0.15, 0.2) is 114 Å². The number of anilines is 3. The smallest absolute Gasteiger partial charge is 0.268 e. The average molecular weight is 1270 g/mol. The molecule has 478 valence electrons. The number of aromatic nitrogens is 2. The summed E-state index contributed by atoms with van der Waals surface area (Å²) in [5.41, 5.74) is 9.25. The summed E-state index contributed by atoms with van der Waals surface area (Å²) in [5, 5.41) is 24.4. The maximum absolute atomic E-state index is 14.0. The minimum atomic E-state index is -4.45. The molecule has 5 aliphatic rings. The number of piperidine rings is 3. The van der Waals surface area contributed by atoms with E-state index in [1.54, 1.807) is 48.7 Å². The number of nitrogens with one attached hydrogen (secondary N) is 7. The number of likely N-dealkylation sites (tertiary alicyclic amines) is 2. The Hall–Kier alpha value is -8.10. The number of allylic oxidation sites excluding steroid dienone is 1. The third kappa shape index (κ3) is 15.8. The largest absolute Gasteiger partial charge is 0.455 e. The fraction of sp³-hybridized carbons (Fsp3) is 0.420. The van der Waals surface area contributed by atoms with Crippen LogP contribution in [-0.2, 0) is 19.6 Å². The Bertz CT molecular complexity index is 3900. The summed E-state index contributed by atoms with van der Waals surface area (Å²) in [6.07, 6.45) is 15.7. The summed E-state index contributed by atoms with van der Waals surface area (Å²) >= 11 is 6.23. The van der Waals surface area contributed by atoms with Gasteiger partial charge in [0.15, 0.2) is 0 Å². The molecule has 91 heavy (non-hydrogen) atoms. The summed E-state index contributed by atoms with van der Waals surface area (Å²) in [5.74, 6) is 4.12. The molecular formula is C69H80ClN11O9S. The van der Waals surface area contributed by atoms with E-state index in [-0.39, 0.29) is 51.3 Å². The van der Waals surface area contributed by atoms with E-state index in [0.717, 1.165) is 120 Å². The summed E-state index contributed by atoms with van der Waals surface area (Å²) < 4.78 is 36.4. The molecule has 22 heteroatoms. The van der Waals surface area contributed by atoms with E-state index in [4.69, 9.17) is 16.3 Å². The van der Waals surface area contributed by atoms with E-state index < -0.39 is 45.6 Å². The molecule has 0 spiro atoms. The van der Waals surface area contributed by atoms with Gasteiger partial charge in [0.05, 0.1) is 39.2 Å². The van der Waals surface area contributed by atoms with Crippen molar-refractivity contribution in [2.45, 2.75) is 121 Å². The van der Waals surface area contributed by atoms with Gasteiger partial charge in [0.25, 0.3) is 27.7 Å². The van der Waals surface area contributed by atoms with Gasteiger partial charge in [0.1, 0.15) is 23.2 Å². The Kier molecular flexibility index (Phi) is 20.5. The third-order valence-electron chi connectivity index (χ3n) is 18.3. The number of sulfonamides is 1. The molecule has 5 amide bonds. The van der Waals surface area contributed by atoms with Crippen LogP contribution in [-0.4, -0.2) is 139 Å².